The number of benzene rings is 1. The van der Waals surface area contributed by atoms with Crippen LogP contribution in [0, 0.1) is 5.92 Å². The lowest BCUT2D eigenvalue weighted by molar-refractivity contribution is 0.540. The average molecular weight is 469 g/mol. The first kappa shape index (κ1) is 36.7. The smallest absolute Gasteiger partial charge is 0.0168 e. The molecule has 0 aliphatic rings. The van der Waals surface area contributed by atoms with Crippen molar-refractivity contribution in [3.8, 4) is 0 Å². The van der Waals surface area contributed by atoms with Gasteiger partial charge in [0.05, 0.1) is 0 Å². The third kappa shape index (κ3) is 18.6. The Kier molecular flexibility index (Phi) is 26.3. The minimum absolute atomic E-state index is 0.643. The number of allylic oxidation sites excluding steroid dienone is 5. The van der Waals surface area contributed by atoms with Crippen LogP contribution in [0.2, 0.25) is 0 Å². The maximum atomic E-state index is 4.25. The van der Waals surface area contributed by atoms with Gasteiger partial charge >= 0.3 is 0 Å². The lowest BCUT2D eigenvalue weighted by Crippen LogP contribution is -2.04. The first-order valence-electron chi connectivity index (χ1n) is 13.8. The summed E-state index contributed by atoms with van der Waals surface area (Å²) < 4.78 is 0. The maximum Gasteiger partial charge on any atom is -0.0168 e. The molecular weight excluding hydrogens is 408 g/mol. The zero-order valence-electron chi connectivity index (χ0n) is 25.2. The summed E-state index contributed by atoms with van der Waals surface area (Å²) in [7, 11) is 0. The van der Waals surface area contributed by atoms with Crippen LogP contribution in [0.5, 0.6) is 0 Å². The molecule has 34 heavy (non-hydrogen) atoms. The van der Waals surface area contributed by atoms with Crippen molar-refractivity contribution in [2.24, 2.45) is 5.92 Å². The second-order valence-corrected chi connectivity index (χ2v) is 9.03. The number of hydrogen-bond donors (Lipinski definition) is 0. The third-order valence-corrected chi connectivity index (χ3v) is 6.10. The zero-order chi connectivity index (χ0) is 27.1. The topological polar surface area (TPSA) is 0 Å². The Labute approximate surface area is 216 Å². The molecule has 0 aromatic heterocycles. The molecule has 0 radical (unpaired) electrons. The molecule has 0 aliphatic heterocycles. The van der Waals surface area contributed by atoms with Gasteiger partial charge in [0.25, 0.3) is 0 Å². The molecule has 0 nitrogen and oxygen atoms in total. The van der Waals surface area contributed by atoms with Crippen molar-refractivity contribution in [3.05, 3.63) is 83.0 Å². The summed E-state index contributed by atoms with van der Waals surface area (Å²) in [4.78, 5) is 0. The fourth-order valence-electron chi connectivity index (χ4n) is 3.33. The molecule has 0 heterocycles. The van der Waals surface area contributed by atoms with Crippen molar-refractivity contribution < 1.29 is 0 Å². The molecule has 1 unspecified atom stereocenters. The van der Waals surface area contributed by atoms with Crippen molar-refractivity contribution in [2.75, 3.05) is 0 Å². The molecule has 0 aliphatic carbocycles. The van der Waals surface area contributed by atoms with Gasteiger partial charge < -0.3 is 0 Å². The van der Waals surface area contributed by atoms with Crippen LogP contribution in [0.15, 0.2) is 71.9 Å². The highest BCUT2D eigenvalue weighted by atomic mass is 14.2. The van der Waals surface area contributed by atoms with Crippen LogP contribution < -0.4 is 0 Å². The van der Waals surface area contributed by atoms with Gasteiger partial charge in [-0.3, -0.25) is 0 Å². The predicted molar refractivity (Wildman–Crippen MR) is 162 cm³/mol. The molecule has 0 saturated carbocycles. The first-order valence-corrected chi connectivity index (χ1v) is 13.8. The summed E-state index contributed by atoms with van der Waals surface area (Å²) >= 11 is 0. The van der Waals surface area contributed by atoms with Gasteiger partial charge in [-0.15, -0.1) is 6.58 Å². The minimum atomic E-state index is 0.643. The van der Waals surface area contributed by atoms with Crippen LogP contribution in [0.4, 0.5) is 0 Å². The van der Waals surface area contributed by atoms with E-state index in [0.717, 1.165) is 18.4 Å². The van der Waals surface area contributed by atoms with Crippen molar-refractivity contribution in [3.63, 3.8) is 0 Å². The molecule has 1 aromatic carbocycles. The van der Waals surface area contributed by atoms with E-state index in [4.69, 9.17) is 0 Å². The molecule has 0 spiro atoms. The van der Waals surface area contributed by atoms with Gasteiger partial charge in [-0.25, -0.2) is 0 Å². The van der Waals surface area contributed by atoms with Gasteiger partial charge in [-0.2, -0.15) is 0 Å². The second-order valence-electron chi connectivity index (χ2n) is 9.03. The Balaban J connectivity index is -0.000000436. The van der Waals surface area contributed by atoms with E-state index in [1.54, 1.807) is 0 Å². The van der Waals surface area contributed by atoms with Crippen LogP contribution in [-0.2, 0) is 12.8 Å². The van der Waals surface area contributed by atoms with E-state index in [9.17, 15) is 0 Å². The zero-order valence-corrected chi connectivity index (χ0v) is 25.2. The van der Waals surface area contributed by atoms with Gasteiger partial charge in [0.2, 0.25) is 0 Å². The van der Waals surface area contributed by atoms with Gasteiger partial charge in [-0.05, 0) is 100.0 Å². The van der Waals surface area contributed by atoms with E-state index >= 15 is 0 Å². The van der Waals surface area contributed by atoms with E-state index in [2.05, 4.69) is 106 Å². The van der Waals surface area contributed by atoms with E-state index in [0.29, 0.717) is 5.92 Å². The summed E-state index contributed by atoms with van der Waals surface area (Å²) in [5, 5.41) is 0. The molecule has 1 atom stereocenters. The fraction of sp³-hybridized carbons (Fsp3) is 0.588. The number of unbranched alkanes of at least 4 members (excludes halogenated alkanes) is 1. The number of aryl methyl sites for hydroxylation is 2. The lowest BCUT2D eigenvalue weighted by atomic mass is 9.86. The van der Waals surface area contributed by atoms with E-state index in [1.165, 1.54) is 71.9 Å². The van der Waals surface area contributed by atoms with Crippen molar-refractivity contribution in [1.29, 1.82) is 0 Å². The molecule has 196 valence electrons. The highest BCUT2D eigenvalue weighted by molar-refractivity contribution is 5.40. The summed E-state index contributed by atoms with van der Waals surface area (Å²) in [6.07, 6.45) is 9.74. The maximum absolute atomic E-state index is 4.25. The summed E-state index contributed by atoms with van der Waals surface area (Å²) in [6.45, 7) is 35.5. The van der Waals surface area contributed by atoms with Gasteiger partial charge in [0.15, 0.2) is 0 Å². The monoisotopic (exact) mass is 468 g/mol. The van der Waals surface area contributed by atoms with Crippen LogP contribution in [0.25, 0.3) is 0 Å². The van der Waals surface area contributed by atoms with Crippen molar-refractivity contribution in [2.45, 2.75) is 128 Å². The van der Waals surface area contributed by atoms with Crippen molar-refractivity contribution >= 4 is 0 Å². The average Bonchev–Trinajstić information content (AvgIpc) is 2.86. The number of rotatable bonds is 11. The Morgan fingerprint density at radius 1 is 0.706 bits per heavy atom. The van der Waals surface area contributed by atoms with Crippen molar-refractivity contribution in [1.82, 2.24) is 0 Å². The summed E-state index contributed by atoms with van der Waals surface area (Å²) in [5.41, 5.74) is 9.26. The molecule has 0 fully saturated rings. The third-order valence-electron chi connectivity index (χ3n) is 6.10. The molecule has 0 amide bonds. The van der Waals surface area contributed by atoms with Crippen LogP contribution >= 0.6 is 0 Å². The predicted octanol–water partition coefficient (Wildman–Crippen LogP) is 11.9. The Morgan fingerprint density at radius 2 is 1.15 bits per heavy atom. The van der Waals surface area contributed by atoms with Crippen LogP contribution in [0.1, 0.15) is 126 Å². The molecule has 0 heteroatoms. The fourth-order valence-corrected chi connectivity index (χ4v) is 3.33. The van der Waals surface area contributed by atoms with Gasteiger partial charge in [0, 0.05) is 0 Å². The van der Waals surface area contributed by atoms with Gasteiger partial charge in [0.1, 0.15) is 0 Å². The number of hydrogen-bond acceptors (Lipinski definition) is 0. The molecule has 0 N–H and O–H groups in total. The Bertz CT molecular complexity index is 658. The molecule has 1 aromatic rings. The molecule has 0 bridgehead atoms. The largest absolute Gasteiger partial charge is 0.100 e. The molecule has 1 rings (SSSR count). The van der Waals surface area contributed by atoms with Crippen LogP contribution in [0.3, 0.4) is 0 Å². The highest BCUT2D eigenvalue weighted by Crippen LogP contribution is 2.28. The SMILES string of the molecule is C=C(C)/C(C)=C(/C)C(=C)C(CC)CCC.C=C(C)CCCC.CC.CCc1ccc(CC)cc1. The first-order chi connectivity index (χ1) is 16.1. The normalized spacial score (nSPS) is 11.3. The Morgan fingerprint density at radius 3 is 1.38 bits per heavy atom. The summed E-state index contributed by atoms with van der Waals surface area (Å²) in [5.74, 6) is 0.643. The highest BCUT2D eigenvalue weighted by Gasteiger charge is 2.12. The minimum Gasteiger partial charge on any atom is -0.100 e. The molecule has 0 saturated heterocycles. The summed E-state index contributed by atoms with van der Waals surface area (Å²) in [6, 6.07) is 8.83. The lowest BCUT2D eigenvalue weighted by Gasteiger charge is -2.20. The standard InChI is InChI=1S/C15H26.C10H14.C7H14.C2H6/c1-8-10-15(9-2)14(7)13(6)12(5)11(3)4;1-3-9-5-7-10(4-2)8-6-9;1-4-5-6-7(2)3;1-2/h15H,3,7-10H2,1-2,4-6H3;5-8H,3-4H2,1-2H3;2,4-6H2,1,3H3;1-2H3/b13-12-;;;. The second kappa shape index (κ2) is 24.3. The Hall–Kier alpha value is -1.82. The van der Waals surface area contributed by atoms with Gasteiger partial charge in [-0.1, -0.05) is 110 Å². The van der Waals surface area contributed by atoms with E-state index in [-0.39, 0.29) is 0 Å². The van der Waals surface area contributed by atoms with E-state index < -0.39 is 0 Å². The quantitative estimate of drug-likeness (QED) is 0.224. The van der Waals surface area contributed by atoms with Crippen LogP contribution in [-0.4, -0.2) is 0 Å². The molecular formula is C34H60. The van der Waals surface area contributed by atoms with E-state index in [1.807, 2.05) is 13.8 Å².